The summed E-state index contributed by atoms with van der Waals surface area (Å²) in [5.74, 6) is 2.40. The molecule has 5 rings (SSSR count). The van der Waals surface area contributed by atoms with Crippen LogP contribution in [0.15, 0.2) is 24.7 Å². The fourth-order valence-corrected chi connectivity index (χ4v) is 3.57. The van der Waals surface area contributed by atoms with Crippen molar-refractivity contribution < 1.29 is 4.74 Å². The fourth-order valence-electron chi connectivity index (χ4n) is 3.57. The van der Waals surface area contributed by atoms with Gasteiger partial charge in [-0.25, -0.2) is 15.0 Å². The van der Waals surface area contributed by atoms with Gasteiger partial charge in [0.25, 0.3) is 0 Å². The molecule has 4 heterocycles. The molecule has 7 nitrogen and oxygen atoms in total. The molecule has 2 fully saturated rings. The number of nitrogens with one attached hydrogen (secondary N) is 1. The van der Waals surface area contributed by atoms with E-state index in [9.17, 15) is 0 Å². The number of nitrogens with zero attached hydrogens (tertiary/aromatic N) is 5. The summed E-state index contributed by atoms with van der Waals surface area (Å²) in [4.78, 5) is 15.7. The lowest BCUT2D eigenvalue weighted by Gasteiger charge is -2.31. The van der Waals surface area contributed by atoms with Gasteiger partial charge in [-0.15, -0.1) is 0 Å². The zero-order chi connectivity index (χ0) is 18.4. The molecule has 1 aliphatic heterocycles. The van der Waals surface area contributed by atoms with Crippen molar-refractivity contribution in [2.45, 2.75) is 45.1 Å². The molecule has 27 heavy (non-hydrogen) atoms. The first-order valence-electron chi connectivity index (χ1n) is 9.70. The van der Waals surface area contributed by atoms with Crippen LogP contribution in [0, 0.1) is 5.92 Å². The van der Waals surface area contributed by atoms with Gasteiger partial charge in [0.15, 0.2) is 0 Å². The van der Waals surface area contributed by atoms with Gasteiger partial charge in [0.1, 0.15) is 23.4 Å². The summed E-state index contributed by atoms with van der Waals surface area (Å²) in [5, 5.41) is 8.52. The second-order valence-corrected chi connectivity index (χ2v) is 8.12. The van der Waals surface area contributed by atoms with Crippen molar-refractivity contribution in [3.8, 4) is 17.3 Å². The van der Waals surface area contributed by atoms with E-state index in [0.717, 1.165) is 60.0 Å². The number of aromatic amines is 1. The number of piperidine rings is 1. The molecule has 0 atom stereocenters. The zero-order valence-corrected chi connectivity index (χ0v) is 15.8. The highest BCUT2D eigenvalue weighted by Crippen LogP contribution is 2.39. The predicted molar refractivity (Wildman–Crippen MR) is 104 cm³/mol. The molecule has 0 unspecified atom stereocenters. The molecule has 1 N–H and O–H groups in total. The Morgan fingerprint density at radius 3 is 2.74 bits per heavy atom. The first kappa shape index (κ1) is 16.5. The molecule has 7 heteroatoms. The van der Waals surface area contributed by atoms with Crippen LogP contribution in [0.4, 0.5) is 5.82 Å². The minimum atomic E-state index is -0.0575. The third-order valence-corrected chi connectivity index (χ3v) is 5.73. The molecule has 0 aromatic carbocycles. The van der Waals surface area contributed by atoms with E-state index in [4.69, 9.17) is 4.74 Å². The fraction of sp³-hybridized carbons (Fsp3) is 0.500. The second-order valence-electron chi connectivity index (χ2n) is 8.12. The van der Waals surface area contributed by atoms with E-state index in [0.29, 0.717) is 5.88 Å². The van der Waals surface area contributed by atoms with E-state index in [1.807, 2.05) is 12.1 Å². The molecule has 1 saturated carbocycles. The summed E-state index contributed by atoms with van der Waals surface area (Å²) in [6.07, 6.45) is 7.98. The quantitative estimate of drug-likeness (QED) is 0.762. The number of ether oxygens (including phenoxy) is 1. The summed E-state index contributed by atoms with van der Waals surface area (Å²) in [6.45, 7) is 6.51. The summed E-state index contributed by atoms with van der Waals surface area (Å²) in [5.41, 5.74) is 2.45. The number of fused-ring (bicyclic) bond motifs is 1. The average Bonchev–Trinajstić information content (AvgIpc) is 3.25. The number of hydrogen-bond acceptors (Lipinski definition) is 6. The summed E-state index contributed by atoms with van der Waals surface area (Å²) >= 11 is 0. The topological polar surface area (TPSA) is 79.8 Å². The second kappa shape index (κ2) is 6.18. The number of hydrogen-bond donors (Lipinski definition) is 1. The Bertz CT molecular complexity index is 972. The number of rotatable bonds is 4. The predicted octanol–water partition coefficient (Wildman–Crippen LogP) is 3.58. The van der Waals surface area contributed by atoms with Crippen molar-refractivity contribution in [1.82, 2.24) is 25.1 Å². The van der Waals surface area contributed by atoms with Gasteiger partial charge in [0.2, 0.25) is 5.88 Å². The summed E-state index contributed by atoms with van der Waals surface area (Å²) in [7, 11) is 0. The lowest BCUT2D eigenvalue weighted by Crippen LogP contribution is -2.33. The maximum Gasteiger partial charge on any atom is 0.214 e. The summed E-state index contributed by atoms with van der Waals surface area (Å²) in [6, 6.07) is 4.00. The van der Waals surface area contributed by atoms with Gasteiger partial charge >= 0.3 is 0 Å². The SMILES string of the molecule is CC1CCN(c2cc(-c3n[nH]c4cnc(OC5(C)CC5)cc34)ncn2)CC1. The smallest absolute Gasteiger partial charge is 0.214 e. The highest BCUT2D eigenvalue weighted by atomic mass is 16.5. The lowest BCUT2D eigenvalue weighted by molar-refractivity contribution is 0.192. The van der Waals surface area contributed by atoms with E-state index in [1.165, 1.54) is 12.8 Å². The zero-order valence-electron chi connectivity index (χ0n) is 15.8. The standard InChI is InChI=1S/C20H24N6O/c1-13-3-7-26(8-4-13)17-10-15(22-12-23-17)19-14-9-18(27-20(2)5-6-20)21-11-16(14)24-25-19/h9-13H,3-8H2,1-2H3,(H,24,25). The maximum atomic E-state index is 6.02. The largest absolute Gasteiger partial charge is 0.471 e. The van der Waals surface area contributed by atoms with Crippen molar-refractivity contribution in [1.29, 1.82) is 0 Å². The number of anilines is 1. The Labute approximate surface area is 158 Å². The molecule has 1 aliphatic carbocycles. The number of pyridine rings is 1. The molecule has 140 valence electrons. The van der Waals surface area contributed by atoms with Crippen LogP contribution in [0.1, 0.15) is 39.5 Å². The lowest BCUT2D eigenvalue weighted by atomic mass is 9.99. The van der Waals surface area contributed by atoms with Gasteiger partial charge in [-0.3, -0.25) is 5.10 Å². The van der Waals surface area contributed by atoms with Crippen LogP contribution >= 0.6 is 0 Å². The van der Waals surface area contributed by atoms with Crippen molar-refractivity contribution in [2.24, 2.45) is 5.92 Å². The molecular weight excluding hydrogens is 340 g/mol. The van der Waals surface area contributed by atoms with Crippen LogP contribution in [-0.2, 0) is 0 Å². The summed E-state index contributed by atoms with van der Waals surface area (Å²) < 4.78 is 6.02. The van der Waals surface area contributed by atoms with Crippen LogP contribution in [0.2, 0.25) is 0 Å². The van der Waals surface area contributed by atoms with E-state index in [1.54, 1.807) is 12.5 Å². The first-order valence-corrected chi connectivity index (χ1v) is 9.70. The Hall–Kier alpha value is -2.70. The Morgan fingerprint density at radius 2 is 1.96 bits per heavy atom. The molecular formula is C20H24N6O. The Kier molecular flexibility index (Phi) is 3.77. The van der Waals surface area contributed by atoms with Crippen LogP contribution in [-0.4, -0.2) is 43.8 Å². The average molecular weight is 364 g/mol. The van der Waals surface area contributed by atoms with Crippen LogP contribution in [0.25, 0.3) is 22.3 Å². The van der Waals surface area contributed by atoms with Crippen molar-refractivity contribution in [3.63, 3.8) is 0 Å². The molecule has 1 saturated heterocycles. The van der Waals surface area contributed by atoms with Gasteiger partial charge in [-0.05, 0) is 38.5 Å². The van der Waals surface area contributed by atoms with Gasteiger partial charge < -0.3 is 9.64 Å². The van der Waals surface area contributed by atoms with Crippen molar-refractivity contribution in [2.75, 3.05) is 18.0 Å². The third kappa shape index (κ3) is 3.22. The normalized spacial score (nSPS) is 19.4. The van der Waals surface area contributed by atoms with Crippen molar-refractivity contribution in [3.05, 3.63) is 24.7 Å². The highest BCUT2D eigenvalue weighted by Gasteiger charge is 2.40. The number of H-pyrrole nitrogens is 1. The highest BCUT2D eigenvalue weighted by molar-refractivity contribution is 5.92. The van der Waals surface area contributed by atoms with Gasteiger partial charge in [0.05, 0.1) is 17.4 Å². The molecule has 0 spiro atoms. The molecule has 3 aromatic heterocycles. The first-order chi connectivity index (χ1) is 13.1. The van der Waals surface area contributed by atoms with Crippen molar-refractivity contribution >= 4 is 16.7 Å². The third-order valence-electron chi connectivity index (χ3n) is 5.73. The van der Waals surface area contributed by atoms with Crippen LogP contribution < -0.4 is 9.64 Å². The van der Waals surface area contributed by atoms with E-state index in [2.05, 4.69) is 43.9 Å². The minimum Gasteiger partial charge on any atom is -0.471 e. The molecule has 0 bridgehead atoms. The van der Waals surface area contributed by atoms with E-state index < -0.39 is 0 Å². The van der Waals surface area contributed by atoms with Gasteiger partial charge in [-0.2, -0.15) is 5.10 Å². The maximum absolute atomic E-state index is 6.02. The molecule has 3 aromatic rings. The Morgan fingerprint density at radius 1 is 1.15 bits per heavy atom. The van der Waals surface area contributed by atoms with Gasteiger partial charge in [-0.1, -0.05) is 6.92 Å². The van der Waals surface area contributed by atoms with Crippen LogP contribution in [0.3, 0.4) is 0 Å². The van der Waals surface area contributed by atoms with E-state index >= 15 is 0 Å². The molecule has 2 aliphatic rings. The molecule has 0 radical (unpaired) electrons. The monoisotopic (exact) mass is 364 g/mol. The van der Waals surface area contributed by atoms with Crippen LogP contribution in [0.5, 0.6) is 5.88 Å². The Balaban J connectivity index is 1.47. The van der Waals surface area contributed by atoms with Gasteiger partial charge in [0, 0.05) is 30.6 Å². The minimum absolute atomic E-state index is 0.0575. The number of aromatic nitrogens is 5. The van der Waals surface area contributed by atoms with E-state index in [-0.39, 0.29) is 5.60 Å². The molecule has 0 amide bonds.